The van der Waals surface area contributed by atoms with Gasteiger partial charge in [0.15, 0.2) is 16.3 Å². The molecule has 44 heavy (non-hydrogen) atoms. The van der Waals surface area contributed by atoms with Gasteiger partial charge in [-0.25, -0.2) is 14.6 Å². The van der Waals surface area contributed by atoms with Crippen molar-refractivity contribution in [2.45, 2.75) is 33.4 Å². The fourth-order valence-electron chi connectivity index (χ4n) is 4.84. The monoisotopic (exact) mass is 676 g/mol. The van der Waals surface area contributed by atoms with Crippen LogP contribution < -0.4 is 24.4 Å². The first-order valence-electron chi connectivity index (χ1n) is 13.7. The average Bonchev–Trinajstić information content (AvgIpc) is 3.31. The Balaban J connectivity index is 1.53. The largest absolute Gasteiger partial charge is 0.493 e. The SMILES string of the molecule is CCOC(=O)C1=C(C)N=c2s/c(=C/c3cc(OC)c(OCc4ccc(C(=O)O)cc4)cc3Br)c(=O)n2[C@@H]1c1ccc(C)cc1. The normalized spacial score (nSPS) is 14.6. The lowest BCUT2D eigenvalue weighted by Crippen LogP contribution is -2.39. The Kier molecular flexibility index (Phi) is 9.17. The minimum absolute atomic E-state index is 0.196. The number of aromatic carboxylic acids is 1. The van der Waals surface area contributed by atoms with Gasteiger partial charge in [-0.2, -0.15) is 0 Å². The van der Waals surface area contributed by atoms with E-state index in [2.05, 4.69) is 20.9 Å². The van der Waals surface area contributed by atoms with Gasteiger partial charge in [-0.15, -0.1) is 0 Å². The van der Waals surface area contributed by atoms with E-state index in [-0.39, 0.29) is 24.3 Å². The Morgan fingerprint density at radius 2 is 1.77 bits per heavy atom. The Labute approximate surface area is 265 Å². The Morgan fingerprint density at radius 3 is 2.41 bits per heavy atom. The third kappa shape index (κ3) is 6.24. The summed E-state index contributed by atoms with van der Waals surface area (Å²) in [5.41, 5.74) is 4.05. The number of ether oxygens (including phenoxy) is 3. The molecule has 1 N–H and O–H groups in total. The van der Waals surface area contributed by atoms with Gasteiger partial charge in [0.25, 0.3) is 5.56 Å². The first-order chi connectivity index (χ1) is 21.1. The zero-order valence-corrected chi connectivity index (χ0v) is 26.8. The second-order valence-electron chi connectivity index (χ2n) is 10.0. The van der Waals surface area contributed by atoms with Gasteiger partial charge in [-0.3, -0.25) is 9.36 Å². The Bertz CT molecular complexity index is 1960. The molecule has 4 aromatic rings. The molecule has 0 unspecified atom stereocenters. The van der Waals surface area contributed by atoms with Gasteiger partial charge in [-0.1, -0.05) is 69.2 Å². The van der Waals surface area contributed by atoms with E-state index in [1.807, 2.05) is 31.2 Å². The standard InChI is InChI=1S/C33H29BrN2O7S/c1-5-42-32(40)28-19(3)35-33-36(29(28)21-10-6-18(2)7-11-21)30(37)27(44-33)15-23-14-25(41-4)26(16-24(23)34)43-17-20-8-12-22(13-9-20)31(38)39/h6-16,29H,5,17H2,1-4H3,(H,38,39)/b27-15+/t29-/m1/s1. The number of methoxy groups -OCH3 is 1. The van der Waals surface area contributed by atoms with E-state index in [9.17, 15) is 14.4 Å². The van der Waals surface area contributed by atoms with Crippen molar-refractivity contribution in [1.29, 1.82) is 0 Å². The minimum atomic E-state index is -0.994. The molecule has 0 saturated heterocycles. The number of carboxylic acid groups (broad SMARTS) is 1. The van der Waals surface area contributed by atoms with Crippen LogP contribution in [-0.4, -0.2) is 35.3 Å². The molecular weight excluding hydrogens is 648 g/mol. The van der Waals surface area contributed by atoms with Gasteiger partial charge in [0.05, 0.1) is 41.1 Å². The molecule has 0 radical (unpaired) electrons. The number of carboxylic acids is 1. The van der Waals surface area contributed by atoms with Crippen LogP contribution in [0.4, 0.5) is 0 Å². The van der Waals surface area contributed by atoms with Crippen molar-refractivity contribution in [2.24, 2.45) is 4.99 Å². The Morgan fingerprint density at radius 1 is 1.07 bits per heavy atom. The minimum Gasteiger partial charge on any atom is -0.493 e. The highest BCUT2D eigenvalue weighted by molar-refractivity contribution is 9.10. The summed E-state index contributed by atoms with van der Waals surface area (Å²) in [4.78, 5) is 43.3. The van der Waals surface area contributed by atoms with E-state index in [1.165, 1.54) is 30.6 Å². The van der Waals surface area contributed by atoms with Crippen molar-refractivity contribution in [3.63, 3.8) is 0 Å². The first kappa shape index (κ1) is 31.0. The van der Waals surface area contributed by atoms with Crippen LogP contribution in [0.2, 0.25) is 0 Å². The molecule has 5 rings (SSSR count). The van der Waals surface area contributed by atoms with Crippen LogP contribution in [-0.2, 0) is 16.1 Å². The van der Waals surface area contributed by atoms with E-state index < -0.39 is 18.0 Å². The predicted octanol–water partition coefficient (Wildman–Crippen LogP) is 5.16. The van der Waals surface area contributed by atoms with Gasteiger partial charge in [0.1, 0.15) is 6.61 Å². The molecule has 11 heteroatoms. The number of hydrogen-bond acceptors (Lipinski definition) is 8. The summed E-state index contributed by atoms with van der Waals surface area (Å²) in [5.74, 6) is -0.581. The zero-order chi connectivity index (χ0) is 31.5. The fraction of sp³-hybridized carbons (Fsp3) is 0.212. The van der Waals surface area contributed by atoms with Crippen molar-refractivity contribution in [3.05, 3.63) is 124 Å². The van der Waals surface area contributed by atoms with E-state index in [0.29, 0.717) is 42.1 Å². The van der Waals surface area contributed by atoms with Crippen LogP contribution >= 0.6 is 27.3 Å². The summed E-state index contributed by atoms with van der Waals surface area (Å²) >= 11 is 4.83. The van der Waals surface area contributed by atoms with Crippen LogP contribution in [0.3, 0.4) is 0 Å². The van der Waals surface area contributed by atoms with E-state index in [4.69, 9.17) is 19.3 Å². The smallest absolute Gasteiger partial charge is 0.338 e. The number of rotatable bonds is 9. The molecule has 1 atom stereocenters. The van der Waals surface area contributed by atoms with Gasteiger partial charge in [0.2, 0.25) is 0 Å². The number of esters is 1. The van der Waals surface area contributed by atoms with Crippen LogP contribution in [0.15, 0.2) is 86.2 Å². The maximum absolute atomic E-state index is 14.0. The lowest BCUT2D eigenvalue weighted by atomic mass is 9.95. The topological polar surface area (TPSA) is 116 Å². The summed E-state index contributed by atoms with van der Waals surface area (Å²) in [5, 5.41) is 9.12. The highest BCUT2D eigenvalue weighted by Crippen LogP contribution is 2.35. The van der Waals surface area contributed by atoms with Crippen LogP contribution in [0.5, 0.6) is 11.5 Å². The van der Waals surface area contributed by atoms with Crippen molar-refractivity contribution in [1.82, 2.24) is 4.57 Å². The maximum Gasteiger partial charge on any atom is 0.338 e. The summed E-state index contributed by atoms with van der Waals surface area (Å²) in [6.45, 7) is 5.87. The van der Waals surface area contributed by atoms with E-state index >= 15 is 0 Å². The number of fused-ring (bicyclic) bond motifs is 1. The number of carbonyl (C=O) groups excluding carboxylic acids is 1. The van der Waals surface area contributed by atoms with E-state index in [1.54, 1.807) is 48.8 Å². The first-order valence-corrected chi connectivity index (χ1v) is 15.3. The van der Waals surface area contributed by atoms with Gasteiger partial charge < -0.3 is 19.3 Å². The molecule has 3 aromatic carbocycles. The molecule has 1 aliphatic heterocycles. The summed E-state index contributed by atoms with van der Waals surface area (Å²) in [7, 11) is 1.52. The van der Waals surface area contributed by atoms with Gasteiger partial charge >= 0.3 is 11.9 Å². The molecule has 2 heterocycles. The molecule has 1 aliphatic rings. The molecule has 0 spiro atoms. The van der Waals surface area contributed by atoms with Crippen LogP contribution in [0.25, 0.3) is 6.08 Å². The lowest BCUT2D eigenvalue weighted by Gasteiger charge is -2.24. The predicted molar refractivity (Wildman–Crippen MR) is 170 cm³/mol. The lowest BCUT2D eigenvalue weighted by molar-refractivity contribution is -0.139. The maximum atomic E-state index is 14.0. The summed E-state index contributed by atoms with van der Waals surface area (Å²) < 4.78 is 19.6. The summed E-state index contributed by atoms with van der Waals surface area (Å²) in [6.07, 6.45) is 1.75. The molecule has 9 nitrogen and oxygen atoms in total. The van der Waals surface area contributed by atoms with Crippen LogP contribution in [0, 0.1) is 6.92 Å². The quantitative estimate of drug-likeness (QED) is 0.244. The average molecular weight is 678 g/mol. The highest BCUT2D eigenvalue weighted by Gasteiger charge is 2.33. The number of thiazole rings is 1. The van der Waals surface area contributed by atoms with Crippen LogP contribution in [0.1, 0.15) is 52.5 Å². The van der Waals surface area contributed by atoms with Gasteiger partial charge in [0, 0.05) is 4.47 Å². The second kappa shape index (κ2) is 13.0. The number of allylic oxidation sites excluding steroid dienone is 1. The number of nitrogens with zero attached hydrogens (tertiary/aromatic N) is 2. The number of aromatic nitrogens is 1. The Hall–Kier alpha value is -4.48. The molecule has 226 valence electrons. The van der Waals surface area contributed by atoms with Gasteiger partial charge in [-0.05, 0) is 67.8 Å². The second-order valence-corrected chi connectivity index (χ2v) is 11.9. The number of carbonyl (C=O) groups is 2. The third-order valence-electron chi connectivity index (χ3n) is 7.07. The molecule has 0 saturated carbocycles. The molecule has 0 fully saturated rings. The molecule has 0 bridgehead atoms. The molecular formula is C33H29BrN2O7S. The zero-order valence-electron chi connectivity index (χ0n) is 24.4. The highest BCUT2D eigenvalue weighted by atomic mass is 79.9. The van der Waals surface area contributed by atoms with E-state index in [0.717, 1.165) is 16.7 Å². The van der Waals surface area contributed by atoms with Crippen molar-refractivity contribution >= 4 is 45.3 Å². The molecule has 1 aromatic heterocycles. The molecule has 0 aliphatic carbocycles. The summed E-state index contributed by atoms with van der Waals surface area (Å²) in [6, 6.07) is 17.0. The van der Waals surface area contributed by atoms with Crippen molar-refractivity contribution < 1.29 is 28.9 Å². The van der Waals surface area contributed by atoms with Crippen molar-refractivity contribution in [3.8, 4) is 11.5 Å². The third-order valence-corrected chi connectivity index (χ3v) is 8.74. The molecule has 0 amide bonds. The fourth-order valence-corrected chi connectivity index (χ4v) is 6.31. The number of benzene rings is 3. The number of hydrogen-bond donors (Lipinski definition) is 1. The number of halogens is 1. The number of aryl methyl sites for hydroxylation is 1. The van der Waals surface area contributed by atoms with Crippen molar-refractivity contribution in [2.75, 3.05) is 13.7 Å².